The molecular weight excluding hydrogens is 388 g/mol. The van der Waals surface area contributed by atoms with Crippen LogP contribution in [0.15, 0.2) is 54.9 Å². The van der Waals surface area contributed by atoms with Gasteiger partial charge in [0.05, 0.1) is 19.2 Å². The molecule has 2 atom stereocenters. The summed E-state index contributed by atoms with van der Waals surface area (Å²) in [6.07, 6.45) is 4.13. The zero-order valence-corrected chi connectivity index (χ0v) is 16.8. The summed E-state index contributed by atoms with van der Waals surface area (Å²) in [6, 6.07) is 15.6. The molecule has 0 bridgehead atoms. The number of benzene rings is 2. The summed E-state index contributed by atoms with van der Waals surface area (Å²) in [5.74, 6) is 1.64. The Hall–Kier alpha value is -2.86. The Kier molecular flexibility index (Phi) is 4.51. The number of hydrogen-bond acceptors (Lipinski definition) is 4. The van der Waals surface area contributed by atoms with Crippen LogP contribution in [0.3, 0.4) is 0 Å². The molecule has 3 aromatic rings. The summed E-state index contributed by atoms with van der Waals surface area (Å²) >= 11 is 6.11. The van der Waals surface area contributed by atoms with E-state index in [1.807, 2.05) is 58.1 Å². The normalized spacial score (nSPS) is 21.0. The smallest absolute Gasteiger partial charge is 0.233 e. The van der Waals surface area contributed by atoms with E-state index in [0.29, 0.717) is 17.4 Å². The highest BCUT2D eigenvalue weighted by atomic mass is 35.5. The number of nitrogens with zero attached hydrogens (tertiary/aromatic N) is 4. The number of ether oxygens (including phenoxy) is 1. The van der Waals surface area contributed by atoms with Crippen molar-refractivity contribution >= 4 is 23.5 Å². The molecule has 2 aromatic carbocycles. The Morgan fingerprint density at radius 1 is 1.03 bits per heavy atom. The molecule has 6 nitrogen and oxygen atoms in total. The first kappa shape index (κ1) is 18.2. The molecule has 2 aliphatic rings. The molecule has 0 spiro atoms. The minimum Gasteiger partial charge on any atom is -0.497 e. The average Bonchev–Trinajstić information content (AvgIpc) is 3.50. The minimum atomic E-state index is -0.121. The second kappa shape index (κ2) is 7.19. The van der Waals surface area contributed by atoms with Crippen molar-refractivity contribution in [1.29, 1.82) is 0 Å². The number of halogens is 1. The zero-order valence-electron chi connectivity index (χ0n) is 16.0. The second-order valence-corrected chi connectivity index (χ2v) is 8.02. The monoisotopic (exact) mass is 408 g/mol. The van der Waals surface area contributed by atoms with Gasteiger partial charge in [0.2, 0.25) is 11.9 Å². The lowest BCUT2D eigenvalue weighted by Gasteiger charge is -2.39. The summed E-state index contributed by atoms with van der Waals surface area (Å²) in [5, 5.41) is 5.15. The fourth-order valence-corrected chi connectivity index (χ4v) is 4.17. The number of hydrogen-bond donors (Lipinski definition) is 0. The first-order valence-corrected chi connectivity index (χ1v) is 10.2. The van der Waals surface area contributed by atoms with Gasteiger partial charge in [-0.15, -0.1) is 0 Å². The third kappa shape index (κ3) is 3.27. The van der Waals surface area contributed by atoms with Crippen LogP contribution in [-0.4, -0.2) is 27.8 Å². The molecule has 7 heteroatoms. The van der Waals surface area contributed by atoms with E-state index in [4.69, 9.17) is 16.3 Å². The third-order valence-electron chi connectivity index (χ3n) is 5.74. The number of fused-ring (bicyclic) bond motifs is 1. The Morgan fingerprint density at radius 3 is 2.34 bits per heavy atom. The van der Waals surface area contributed by atoms with Crippen molar-refractivity contribution < 1.29 is 9.53 Å². The lowest BCUT2D eigenvalue weighted by molar-refractivity contribution is -0.120. The highest BCUT2D eigenvalue weighted by Gasteiger charge is 2.44. The van der Waals surface area contributed by atoms with Gasteiger partial charge in [-0.1, -0.05) is 35.9 Å². The van der Waals surface area contributed by atoms with Gasteiger partial charge in [0.25, 0.3) is 0 Å². The average molecular weight is 409 g/mol. The molecule has 1 aliphatic carbocycles. The molecule has 0 radical (unpaired) electrons. The molecule has 5 rings (SSSR count). The standard InChI is InChI=1S/C22H21ClN4O2/c1-29-18-10-6-15(7-11-18)20-12-19(14-4-8-17(23)9-5-14)26(21(28)16-2-3-16)22-24-13-25-27(20)22/h4-11,13,16,19-20H,2-3,12H2,1H3/t19-,20-/m0/s1. The van der Waals surface area contributed by atoms with Gasteiger partial charge in [-0.05, 0) is 54.7 Å². The maximum Gasteiger partial charge on any atom is 0.233 e. The lowest BCUT2D eigenvalue weighted by atomic mass is 9.91. The molecular formula is C22H21ClN4O2. The van der Waals surface area contributed by atoms with Crippen LogP contribution in [0.1, 0.15) is 42.5 Å². The number of anilines is 1. The van der Waals surface area contributed by atoms with E-state index in [-0.39, 0.29) is 23.9 Å². The van der Waals surface area contributed by atoms with Gasteiger partial charge in [0.15, 0.2) is 0 Å². The highest BCUT2D eigenvalue weighted by Crippen LogP contribution is 2.45. The van der Waals surface area contributed by atoms with Crippen molar-refractivity contribution in [3.05, 3.63) is 71.0 Å². The minimum absolute atomic E-state index is 0.0256. The summed E-state index contributed by atoms with van der Waals surface area (Å²) < 4.78 is 7.16. The van der Waals surface area contributed by atoms with Crippen molar-refractivity contribution in [3.8, 4) is 5.75 Å². The van der Waals surface area contributed by atoms with Gasteiger partial charge < -0.3 is 4.74 Å². The second-order valence-electron chi connectivity index (χ2n) is 7.58. The van der Waals surface area contributed by atoms with Gasteiger partial charge in [-0.3, -0.25) is 9.69 Å². The van der Waals surface area contributed by atoms with Crippen molar-refractivity contribution in [2.45, 2.75) is 31.3 Å². The van der Waals surface area contributed by atoms with Crippen LogP contribution in [0.4, 0.5) is 5.95 Å². The summed E-state index contributed by atoms with van der Waals surface area (Å²) in [7, 11) is 1.66. The molecule has 0 saturated heterocycles. The number of carbonyl (C=O) groups is 1. The molecule has 148 valence electrons. The summed E-state index contributed by atoms with van der Waals surface area (Å²) in [5.41, 5.74) is 2.16. The van der Waals surface area contributed by atoms with Crippen LogP contribution in [0.2, 0.25) is 5.02 Å². The van der Waals surface area contributed by atoms with E-state index in [1.165, 1.54) is 6.33 Å². The molecule has 2 heterocycles. The molecule has 0 unspecified atom stereocenters. The van der Waals surface area contributed by atoms with E-state index in [9.17, 15) is 4.79 Å². The zero-order chi connectivity index (χ0) is 20.0. The van der Waals surface area contributed by atoms with Crippen LogP contribution < -0.4 is 9.64 Å². The van der Waals surface area contributed by atoms with E-state index < -0.39 is 0 Å². The van der Waals surface area contributed by atoms with Gasteiger partial charge in [0, 0.05) is 10.9 Å². The van der Waals surface area contributed by atoms with Crippen LogP contribution in [0.25, 0.3) is 0 Å². The quantitative estimate of drug-likeness (QED) is 0.641. The van der Waals surface area contributed by atoms with Gasteiger partial charge in [-0.2, -0.15) is 10.1 Å². The Morgan fingerprint density at radius 2 is 1.69 bits per heavy atom. The number of rotatable bonds is 4. The molecule has 29 heavy (non-hydrogen) atoms. The SMILES string of the molecule is COc1ccc([C@@H]2C[C@@H](c3ccc(Cl)cc3)N(C(=O)C3CC3)c3ncnn32)cc1. The summed E-state index contributed by atoms with van der Waals surface area (Å²) in [4.78, 5) is 19.5. The molecule has 1 amide bonds. The largest absolute Gasteiger partial charge is 0.497 e. The number of amides is 1. The van der Waals surface area contributed by atoms with E-state index in [1.54, 1.807) is 7.11 Å². The van der Waals surface area contributed by atoms with Crippen LogP contribution in [-0.2, 0) is 4.79 Å². The fourth-order valence-electron chi connectivity index (χ4n) is 4.05. The van der Waals surface area contributed by atoms with Crippen molar-refractivity contribution in [2.75, 3.05) is 12.0 Å². The van der Waals surface area contributed by atoms with Crippen molar-refractivity contribution in [1.82, 2.24) is 14.8 Å². The fraction of sp³-hybridized carbons (Fsp3) is 0.318. The maximum atomic E-state index is 13.2. The van der Waals surface area contributed by atoms with E-state index >= 15 is 0 Å². The Labute approximate surface area is 174 Å². The lowest BCUT2D eigenvalue weighted by Crippen LogP contribution is -2.43. The van der Waals surface area contributed by atoms with Crippen LogP contribution in [0.5, 0.6) is 5.75 Å². The maximum absolute atomic E-state index is 13.2. The number of aromatic nitrogens is 3. The molecule has 1 fully saturated rings. The first-order chi connectivity index (χ1) is 14.2. The van der Waals surface area contributed by atoms with E-state index in [2.05, 4.69) is 10.1 Å². The van der Waals surface area contributed by atoms with Crippen molar-refractivity contribution in [2.24, 2.45) is 5.92 Å². The van der Waals surface area contributed by atoms with Crippen molar-refractivity contribution in [3.63, 3.8) is 0 Å². The van der Waals surface area contributed by atoms with Gasteiger partial charge in [-0.25, -0.2) is 4.68 Å². The Balaban J connectivity index is 1.60. The molecule has 0 N–H and O–H groups in total. The van der Waals surface area contributed by atoms with E-state index in [0.717, 1.165) is 29.7 Å². The highest BCUT2D eigenvalue weighted by molar-refractivity contribution is 6.30. The predicted molar refractivity (Wildman–Crippen MR) is 110 cm³/mol. The first-order valence-electron chi connectivity index (χ1n) is 9.77. The van der Waals surface area contributed by atoms with Crippen LogP contribution >= 0.6 is 11.6 Å². The Bertz CT molecular complexity index is 1030. The number of carbonyl (C=O) groups excluding carboxylic acids is 1. The molecule has 1 aliphatic heterocycles. The number of methoxy groups -OCH3 is 1. The van der Waals surface area contributed by atoms with Crippen LogP contribution in [0, 0.1) is 5.92 Å². The predicted octanol–water partition coefficient (Wildman–Crippen LogP) is 4.42. The van der Waals surface area contributed by atoms with Gasteiger partial charge >= 0.3 is 0 Å². The van der Waals surface area contributed by atoms with Gasteiger partial charge in [0.1, 0.15) is 12.1 Å². The third-order valence-corrected chi connectivity index (χ3v) is 5.99. The molecule has 1 saturated carbocycles. The topological polar surface area (TPSA) is 60.2 Å². The summed E-state index contributed by atoms with van der Waals surface area (Å²) in [6.45, 7) is 0. The molecule has 1 aromatic heterocycles.